The summed E-state index contributed by atoms with van der Waals surface area (Å²) in [6.45, 7) is 4.29. The molecule has 0 radical (unpaired) electrons. The molecule has 0 bridgehead atoms. The number of rotatable bonds is 4. The molecule has 20 heavy (non-hydrogen) atoms. The first-order chi connectivity index (χ1) is 9.56. The van der Waals surface area contributed by atoms with Crippen LogP contribution in [0.1, 0.15) is 18.1 Å². The highest BCUT2D eigenvalue weighted by Gasteiger charge is 2.19. The van der Waals surface area contributed by atoms with Gasteiger partial charge in [0.05, 0.1) is 11.3 Å². The van der Waals surface area contributed by atoms with Crippen molar-refractivity contribution in [3.8, 4) is 0 Å². The second kappa shape index (κ2) is 5.69. The SMILES string of the molecule is CCN(c1ccccc1F)c1nccc(C)c1C(=N)N. The highest BCUT2D eigenvalue weighted by Crippen LogP contribution is 2.29. The Kier molecular flexibility index (Phi) is 3.98. The molecule has 1 heterocycles. The van der Waals surface area contributed by atoms with E-state index in [9.17, 15) is 4.39 Å². The van der Waals surface area contributed by atoms with Gasteiger partial charge in [-0.25, -0.2) is 9.37 Å². The lowest BCUT2D eigenvalue weighted by Crippen LogP contribution is -2.24. The van der Waals surface area contributed by atoms with E-state index in [1.54, 1.807) is 35.4 Å². The van der Waals surface area contributed by atoms with E-state index in [0.29, 0.717) is 23.6 Å². The van der Waals surface area contributed by atoms with E-state index in [-0.39, 0.29) is 11.7 Å². The Morgan fingerprint density at radius 3 is 2.65 bits per heavy atom. The molecule has 0 saturated heterocycles. The van der Waals surface area contributed by atoms with E-state index in [1.165, 1.54) is 6.07 Å². The molecule has 0 amide bonds. The standard InChI is InChI=1S/C15H17FN4/c1-3-20(12-7-5-4-6-11(12)16)15-13(14(17)18)10(2)8-9-19-15/h4-9H,3H2,1-2H3,(H3,17,18). The normalized spacial score (nSPS) is 10.3. The van der Waals surface area contributed by atoms with Crippen molar-refractivity contribution in [1.29, 1.82) is 5.41 Å². The van der Waals surface area contributed by atoms with Crippen LogP contribution in [0.25, 0.3) is 0 Å². The van der Waals surface area contributed by atoms with Crippen molar-refractivity contribution in [3.63, 3.8) is 0 Å². The number of aromatic nitrogens is 1. The number of pyridine rings is 1. The molecule has 0 atom stereocenters. The number of nitrogens with zero attached hydrogens (tertiary/aromatic N) is 2. The van der Waals surface area contributed by atoms with Crippen LogP contribution in [0.15, 0.2) is 36.5 Å². The van der Waals surface area contributed by atoms with Crippen LogP contribution in [0.5, 0.6) is 0 Å². The molecule has 1 aromatic carbocycles. The van der Waals surface area contributed by atoms with Crippen molar-refractivity contribution >= 4 is 17.3 Å². The molecule has 0 fully saturated rings. The zero-order valence-corrected chi connectivity index (χ0v) is 11.5. The number of halogens is 1. The number of anilines is 2. The summed E-state index contributed by atoms with van der Waals surface area (Å²) in [5, 5.41) is 7.72. The van der Waals surface area contributed by atoms with Gasteiger partial charge in [0.15, 0.2) is 0 Å². The average molecular weight is 272 g/mol. The van der Waals surface area contributed by atoms with Gasteiger partial charge < -0.3 is 10.6 Å². The number of benzene rings is 1. The molecule has 3 N–H and O–H groups in total. The van der Waals surface area contributed by atoms with Crippen molar-refractivity contribution < 1.29 is 4.39 Å². The van der Waals surface area contributed by atoms with Gasteiger partial charge in [0.25, 0.3) is 0 Å². The zero-order valence-electron chi connectivity index (χ0n) is 11.5. The van der Waals surface area contributed by atoms with Crippen LogP contribution in [0, 0.1) is 18.2 Å². The van der Waals surface area contributed by atoms with Crippen LogP contribution in [0.4, 0.5) is 15.9 Å². The van der Waals surface area contributed by atoms with Gasteiger partial charge in [-0.05, 0) is 37.6 Å². The van der Waals surface area contributed by atoms with Crippen molar-refractivity contribution in [2.24, 2.45) is 5.73 Å². The van der Waals surface area contributed by atoms with Gasteiger partial charge in [-0.3, -0.25) is 5.41 Å². The third-order valence-corrected chi connectivity index (χ3v) is 3.12. The molecular formula is C15H17FN4. The van der Waals surface area contributed by atoms with E-state index in [4.69, 9.17) is 11.1 Å². The van der Waals surface area contributed by atoms with Gasteiger partial charge in [-0.15, -0.1) is 0 Å². The Balaban J connectivity index is 2.62. The van der Waals surface area contributed by atoms with E-state index < -0.39 is 0 Å². The van der Waals surface area contributed by atoms with Crippen LogP contribution in [0.3, 0.4) is 0 Å². The summed E-state index contributed by atoms with van der Waals surface area (Å²) < 4.78 is 14.0. The molecule has 0 spiro atoms. The lowest BCUT2D eigenvalue weighted by Gasteiger charge is -2.25. The molecule has 104 valence electrons. The maximum Gasteiger partial charge on any atom is 0.146 e. The monoisotopic (exact) mass is 272 g/mol. The van der Waals surface area contributed by atoms with E-state index in [0.717, 1.165) is 5.56 Å². The smallest absolute Gasteiger partial charge is 0.146 e. The van der Waals surface area contributed by atoms with Crippen LogP contribution < -0.4 is 10.6 Å². The van der Waals surface area contributed by atoms with Crippen molar-refractivity contribution in [1.82, 2.24) is 4.98 Å². The van der Waals surface area contributed by atoms with Gasteiger partial charge in [0, 0.05) is 12.7 Å². The summed E-state index contributed by atoms with van der Waals surface area (Å²) in [5.74, 6) is 0.109. The van der Waals surface area contributed by atoms with Crippen LogP contribution in [0.2, 0.25) is 0 Å². The molecule has 0 aliphatic carbocycles. The number of hydrogen-bond donors (Lipinski definition) is 2. The Morgan fingerprint density at radius 2 is 2.05 bits per heavy atom. The molecule has 0 saturated carbocycles. The van der Waals surface area contributed by atoms with Gasteiger partial charge in [0.1, 0.15) is 17.5 Å². The van der Waals surface area contributed by atoms with E-state index in [1.807, 2.05) is 13.8 Å². The average Bonchev–Trinajstić information content (AvgIpc) is 2.41. The second-order valence-corrected chi connectivity index (χ2v) is 4.44. The number of hydrogen-bond acceptors (Lipinski definition) is 3. The molecule has 0 unspecified atom stereocenters. The highest BCUT2D eigenvalue weighted by atomic mass is 19.1. The quantitative estimate of drug-likeness (QED) is 0.664. The number of nitrogens with two attached hydrogens (primary N) is 1. The maximum atomic E-state index is 14.0. The first kappa shape index (κ1) is 14.0. The Hall–Kier alpha value is -2.43. The molecule has 0 aliphatic rings. The number of aryl methyl sites for hydroxylation is 1. The van der Waals surface area contributed by atoms with Gasteiger partial charge in [-0.2, -0.15) is 0 Å². The fraction of sp³-hybridized carbons (Fsp3) is 0.200. The molecule has 2 aromatic rings. The van der Waals surface area contributed by atoms with Gasteiger partial charge >= 0.3 is 0 Å². The predicted octanol–water partition coefficient (Wildman–Crippen LogP) is 2.97. The molecule has 5 heteroatoms. The van der Waals surface area contributed by atoms with Crippen molar-refractivity contribution in [3.05, 3.63) is 53.5 Å². The topological polar surface area (TPSA) is 66.0 Å². The van der Waals surface area contributed by atoms with Gasteiger partial charge in [-0.1, -0.05) is 12.1 Å². The van der Waals surface area contributed by atoms with Crippen LogP contribution >= 0.6 is 0 Å². The minimum atomic E-state index is -0.327. The number of nitrogen functional groups attached to an aromatic ring is 1. The lowest BCUT2D eigenvalue weighted by molar-refractivity contribution is 0.625. The van der Waals surface area contributed by atoms with Crippen molar-refractivity contribution in [2.45, 2.75) is 13.8 Å². The molecule has 2 rings (SSSR count). The molecule has 0 aliphatic heterocycles. The number of amidine groups is 1. The Bertz CT molecular complexity index is 640. The third-order valence-electron chi connectivity index (χ3n) is 3.12. The summed E-state index contributed by atoms with van der Waals surface area (Å²) in [6, 6.07) is 8.29. The molecule has 4 nitrogen and oxygen atoms in total. The summed E-state index contributed by atoms with van der Waals surface area (Å²) in [7, 11) is 0. The first-order valence-electron chi connectivity index (χ1n) is 6.38. The van der Waals surface area contributed by atoms with E-state index in [2.05, 4.69) is 4.98 Å². The van der Waals surface area contributed by atoms with Crippen LogP contribution in [-0.4, -0.2) is 17.4 Å². The maximum absolute atomic E-state index is 14.0. The Morgan fingerprint density at radius 1 is 1.35 bits per heavy atom. The molecule has 1 aromatic heterocycles. The minimum Gasteiger partial charge on any atom is -0.384 e. The summed E-state index contributed by atoms with van der Waals surface area (Å²) in [4.78, 5) is 6.01. The summed E-state index contributed by atoms with van der Waals surface area (Å²) in [5.41, 5.74) is 7.46. The fourth-order valence-electron chi connectivity index (χ4n) is 2.19. The lowest BCUT2D eigenvalue weighted by atomic mass is 10.1. The first-order valence-corrected chi connectivity index (χ1v) is 6.38. The highest BCUT2D eigenvalue weighted by molar-refractivity contribution is 6.01. The largest absolute Gasteiger partial charge is 0.384 e. The van der Waals surface area contributed by atoms with Crippen LogP contribution in [-0.2, 0) is 0 Å². The van der Waals surface area contributed by atoms with Gasteiger partial charge in [0.2, 0.25) is 0 Å². The van der Waals surface area contributed by atoms with Crippen molar-refractivity contribution in [2.75, 3.05) is 11.4 Å². The summed E-state index contributed by atoms with van der Waals surface area (Å²) in [6.07, 6.45) is 1.64. The molecular weight excluding hydrogens is 255 g/mol. The Labute approximate surface area is 117 Å². The second-order valence-electron chi connectivity index (χ2n) is 4.44. The van der Waals surface area contributed by atoms with E-state index >= 15 is 0 Å². The minimum absolute atomic E-state index is 0.0691. The third kappa shape index (κ3) is 2.47. The summed E-state index contributed by atoms with van der Waals surface area (Å²) >= 11 is 0. The predicted molar refractivity (Wildman–Crippen MR) is 79.1 cm³/mol. The zero-order chi connectivity index (χ0) is 14.7. The number of para-hydroxylation sites is 1. The fourth-order valence-corrected chi connectivity index (χ4v) is 2.19. The number of nitrogens with one attached hydrogen (secondary N) is 1.